The van der Waals surface area contributed by atoms with Crippen LogP contribution in [0.25, 0.3) is 10.9 Å². The molecule has 0 unspecified atom stereocenters. The van der Waals surface area contributed by atoms with Gasteiger partial charge in [-0.05, 0) is 36.2 Å². The number of piperidine rings is 1. The smallest absolute Gasteiger partial charge is 0.249 e. The van der Waals surface area contributed by atoms with Gasteiger partial charge in [0.05, 0.1) is 16.9 Å². The van der Waals surface area contributed by atoms with Gasteiger partial charge < -0.3 is 0 Å². The Kier molecular flexibility index (Phi) is 4.70. The Labute approximate surface area is 156 Å². The number of hydrogen-bond donors (Lipinski definition) is 0. The Morgan fingerprint density at radius 3 is 2.48 bits per heavy atom. The third-order valence-electron chi connectivity index (χ3n) is 4.53. The normalized spacial score (nSPS) is 15.4. The second-order valence-electron chi connectivity index (χ2n) is 6.38. The molecular formula is C21H18N4O2. The molecule has 0 aliphatic carbocycles. The number of benzene rings is 1. The van der Waals surface area contributed by atoms with Gasteiger partial charge in [-0.15, -0.1) is 0 Å². The number of rotatable bonds is 4. The molecule has 2 aromatic heterocycles. The van der Waals surface area contributed by atoms with Crippen LogP contribution in [0.1, 0.15) is 30.5 Å². The van der Waals surface area contributed by atoms with Crippen LogP contribution in [0.2, 0.25) is 0 Å². The second-order valence-corrected chi connectivity index (χ2v) is 6.38. The monoisotopic (exact) mass is 358 g/mol. The molecule has 1 aliphatic rings. The van der Waals surface area contributed by atoms with Crippen LogP contribution in [0, 0.1) is 0 Å². The maximum absolute atomic E-state index is 12.2. The number of aromatic nitrogens is 2. The molecule has 1 saturated heterocycles. The first-order valence-electron chi connectivity index (χ1n) is 8.89. The van der Waals surface area contributed by atoms with Crippen LogP contribution in [-0.4, -0.2) is 32.5 Å². The summed E-state index contributed by atoms with van der Waals surface area (Å²) in [6, 6.07) is 15.3. The zero-order valence-corrected chi connectivity index (χ0v) is 14.7. The predicted molar refractivity (Wildman–Crippen MR) is 102 cm³/mol. The zero-order chi connectivity index (χ0) is 18.6. The molecule has 1 aliphatic heterocycles. The first kappa shape index (κ1) is 17.0. The van der Waals surface area contributed by atoms with Gasteiger partial charge in [-0.1, -0.05) is 24.3 Å². The Morgan fingerprint density at radius 1 is 0.926 bits per heavy atom. The minimum absolute atomic E-state index is 0.265. The highest BCUT2D eigenvalue weighted by Crippen LogP contribution is 2.20. The molecule has 0 atom stereocenters. The van der Waals surface area contributed by atoms with E-state index in [-0.39, 0.29) is 11.8 Å². The van der Waals surface area contributed by atoms with Gasteiger partial charge in [0, 0.05) is 37.0 Å². The maximum Gasteiger partial charge on any atom is 0.249 e. The van der Waals surface area contributed by atoms with Gasteiger partial charge in [0.2, 0.25) is 11.8 Å². The summed E-state index contributed by atoms with van der Waals surface area (Å²) in [5.74, 6) is -0.529. The summed E-state index contributed by atoms with van der Waals surface area (Å²) in [5.41, 5.74) is 3.13. The van der Waals surface area contributed by atoms with Gasteiger partial charge in [-0.25, -0.2) is 0 Å². The van der Waals surface area contributed by atoms with Crippen LogP contribution >= 0.6 is 0 Å². The number of para-hydroxylation sites is 1. The second kappa shape index (κ2) is 7.45. The molecule has 0 bridgehead atoms. The van der Waals surface area contributed by atoms with Crippen LogP contribution in [0.5, 0.6) is 0 Å². The summed E-state index contributed by atoms with van der Waals surface area (Å²) in [5, 5.41) is 6.46. The third kappa shape index (κ3) is 3.60. The molecule has 2 amide bonds. The molecule has 0 radical (unpaired) electrons. The Hall–Kier alpha value is -3.41. The first-order chi connectivity index (χ1) is 13.2. The highest BCUT2D eigenvalue weighted by molar-refractivity contribution is 6.05. The van der Waals surface area contributed by atoms with Crippen molar-refractivity contribution in [2.75, 3.05) is 0 Å². The van der Waals surface area contributed by atoms with E-state index < -0.39 is 0 Å². The molecule has 3 aromatic rings. The number of fused-ring (bicyclic) bond motifs is 1. The molecule has 0 N–H and O–H groups in total. The number of pyridine rings is 2. The van der Waals surface area contributed by atoms with Crippen molar-refractivity contribution in [3.63, 3.8) is 0 Å². The minimum atomic E-state index is -0.265. The quantitative estimate of drug-likeness (QED) is 0.530. The predicted octanol–water partition coefficient (Wildman–Crippen LogP) is 3.12. The van der Waals surface area contributed by atoms with Crippen molar-refractivity contribution in [1.29, 1.82) is 0 Å². The Bertz CT molecular complexity index is 1010. The lowest BCUT2D eigenvalue weighted by atomic mass is 10.0. The van der Waals surface area contributed by atoms with E-state index in [4.69, 9.17) is 0 Å². The maximum atomic E-state index is 12.2. The van der Waals surface area contributed by atoms with Gasteiger partial charge in [0.25, 0.3) is 0 Å². The summed E-state index contributed by atoms with van der Waals surface area (Å²) < 4.78 is 0. The summed E-state index contributed by atoms with van der Waals surface area (Å²) in [6.07, 6.45) is 5.13. The van der Waals surface area contributed by atoms with E-state index in [0.29, 0.717) is 37.1 Å². The van der Waals surface area contributed by atoms with Gasteiger partial charge in [-0.3, -0.25) is 19.6 Å². The van der Waals surface area contributed by atoms with E-state index in [1.807, 2.05) is 48.5 Å². The molecule has 6 nitrogen and oxygen atoms in total. The van der Waals surface area contributed by atoms with Crippen LogP contribution in [-0.2, 0) is 16.0 Å². The van der Waals surface area contributed by atoms with E-state index in [0.717, 1.165) is 21.5 Å². The summed E-state index contributed by atoms with van der Waals surface area (Å²) in [6.45, 7) is 0. The number of amides is 2. The summed E-state index contributed by atoms with van der Waals surface area (Å²) in [4.78, 5) is 33.2. The Balaban J connectivity index is 1.78. The summed E-state index contributed by atoms with van der Waals surface area (Å²) in [7, 11) is 0. The Morgan fingerprint density at radius 2 is 1.70 bits per heavy atom. The van der Waals surface area contributed by atoms with Crippen molar-refractivity contribution in [2.45, 2.75) is 25.7 Å². The molecule has 3 heterocycles. The van der Waals surface area contributed by atoms with Crippen LogP contribution in [0.4, 0.5) is 0 Å². The van der Waals surface area contributed by atoms with Crippen LogP contribution in [0.15, 0.2) is 66.0 Å². The van der Waals surface area contributed by atoms with Gasteiger partial charge >= 0.3 is 0 Å². The molecule has 134 valence electrons. The molecule has 27 heavy (non-hydrogen) atoms. The molecule has 0 spiro atoms. The van der Waals surface area contributed by atoms with Crippen molar-refractivity contribution in [1.82, 2.24) is 15.0 Å². The van der Waals surface area contributed by atoms with Crippen molar-refractivity contribution in [3.8, 4) is 0 Å². The first-order valence-corrected chi connectivity index (χ1v) is 8.89. The lowest BCUT2D eigenvalue weighted by molar-refractivity contribution is -0.147. The topological polar surface area (TPSA) is 75.5 Å². The van der Waals surface area contributed by atoms with E-state index in [9.17, 15) is 9.59 Å². The number of hydrogen-bond acceptors (Lipinski definition) is 5. The highest BCUT2D eigenvalue weighted by Gasteiger charge is 2.26. The molecule has 0 saturated carbocycles. The van der Waals surface area contributed by atoms with Crippen molar-refractivity contribution in [3.05, 3.63) is 72.2 Å². The number of imide groups is 1. The number of hydrazone groups is 1. The molecule has 6 heteroatoms. The van der Waals surface area contributed by atoms with Crippen molar-refractivity contribution in [2.24, 2.45) is 5.10 Å². The minimum Gasteiger partial charge on any atom is -0.272 e. The van der Waals surface area contributed by atoms with E-state index in [1.54, 1.807) is 12.4 Å². The molecule has 1 fully saturated rings. The number of carbonyl (C=O) groups is 2. The SMILES string of the molecule is O=C1CCCC(=O)N1N=C(Cc1ccnc2ccccc12)c1ccccn1. The standard InChI is InChI=1S/C21H18N4O2/c26-20-9-5-10-21(27)25(20)24-19(18-8-3-4-12-22-18)14-15-11-13-23-17-7-2-1-6-16(15)17/h1-4,6-8,11-13H,5,9-10,14H2. The van der Waals surface area contributed by atoms with E-state index in [2.05, 4.69) is 15.1 Å². The summed E-state index contributed by atoms with van der Waals surface area (Å²) >= 11 is 0. The number of nitrogens with zero attached hydrogens (tertiary/aromatic N) is 4. The van der Waals surface area contributed by atoms with Gasteiger partial charge in [-0.2, -0.15) is 10.1 Å². The zero-order valence-electron chi connectivity index (χ0n) is 14.7. The molecule has 1 aromatic carbocycles. The van der Waals surface area contributed by atoms with Crippen molar-refractivity contribution < 1.29 is 9.59 Å². The van der Waals surface area contributed by atoms with Gasteiger partial charge in [0.15, 0.2) is 0 Å². The van der Waals surface area contributed by atoms with E-state index >= 15 is 0 Å². The molecule has 4 rings (SSSR count). The lowest BCUT2D eigenvalue weighted by Gasteiger charge is -2.21. The average molecular weight is 358 g/mol. The highest BCUT2D eigenvalue weighted by atomic mass is 16.2. The fourth-order valence-electron chi connectivity index (χ4n) is 3.17. The fourth-order valence-corrected chi connectivity index (χ4v) is 3.17. The van der Waals surface area contributed by atoms with Crippen LogP contribution < -0.4 is 0 Å². The lowest BCUT2D eigenvalue weighted by Crippen LogP contribution is -2.37. The fraction of sp³-hybridized carbons (Fsp3) is 0.190. The largest absolute Gasteiger partial charge is 0.272 e. The number of carbonyl (C=O) groups excluding carboxylic acids is 2. The van der Waals surface area contributed by atoms with Crippen LogP contribution in [0.3, 0.4) is 0 Å². The molecular weight excluding hydrogens is 340 g/mol. The third-order valence-corrected chi connectivity index (χ3v) is 4.53. The average Bonchev–Trinajstić information content (AvgIpc) is 2.71. The van der Waals surface area contributed by atoms with Gasteiger partial charge in [0.1, 0.15) is 0 Å². The van der Waals surface area contributed by atoms with Crippen molar-refractivity contribution >= 4 is 28.4 Å². The van der Waals surface area contributed by atoms with E-state index in [1.165, 1.54) is 0 Å².